The Morgan fingerprint density at radius 2 is 2.38 bits per heavy atom. The first-order chi connectivity index (χ1) is 3.93. The summed E-state index contributed by atoms with van der Waals surface area (Å²) in [5, 5.41) is 0.904. The first-order valence-electron chi connectivity index (χ1n) is 2.29. The Labute approximate surface area is 56.9 Å². The van der Waals surface area contributed by atoms with Crippen molar-refractivity contribution in [3.05, 3.63) is 24.3 Å². The summed E-state index contributed by atoms with van der Waals surface area (Å²) >= 11 is 2.46. The summed E-state index contributed by atoms with van der Waals surface area (Å²) < 4.78 is 0. The second-order valence-electron chi connectivity index (χ2n) is 1.35. The molecule has 40 valence electrons. The SMILES string of the molecule is [As]Cc1cnccn1. The van der Waals surface area contributed by atoms with Crippen LogP contribution >= 0.6 is 0 Å². The van der Waals surface area contributed by atoms with Crippen molar-refractivity contribution in [2.45, 2.75) is 5.21 Å². The molecule has 1 heterocycles. The van der Waals surface area contributed by atoms with Crippen LogP contribution < -0.4 is 0 Å². The molecule has 0 saturated heterocycles. The van der Waals surface area contributed by atoms with Crippen molar-refractivity contribution >= 4 is 16.9 Å². The molecule has 1 rings (SSSR count). The van der Waals surface area contributed by atoms with Gasteiger partial charge in [-0.1, -0.05) is 0 Å². The third kappa shape index (κ3) is 1.31. The summed E-state index contributed by atoms with van der Waals surface area (Å²) in [6.45, 7) is 0. The van der Waals surface area contributed by atoms with E-state index < -0.39 is 0 Å². The first-order valence-corrected chi connectivity index (χ1v) is 3.62. The van der Waals surface area contributed by atoms with E-state index in [-0.39, 0.29) is 0 Å². The second-order valence-corrected chi connectivity index (χ2v) is 2.02. The van der Waals surface area contributed by atoms with Crippen molar-refractivity contribution < 1.29 is 0 Å². The van der Waals surface area contributed by atoms with Crippen LogP contribution in [0.2, 0.25) is 0 Å². The molecule has 0 amide bonds. The molecule has 0 fully saturated rings. The molecule has 0 spiro atoms. The van der Waals surface area contributed by atoms with Crippen LogP contribution in [0.5, 0.6) is 0 Å². The van der Waals surface area contributed by atoms with Gasteiger partial charge in [0.15, 0.2) is 0 Å². The molecular formula is C5H5AsN2. The predicted molar refractivity (Wildman–Crippen MR) is 31.5 cm³/mol. The third-order valence-electron chi connectivity index (χ3n) is 0.779. The van der Waals surface area contributed by atoms with E-state index >= 15 is 0 Å². The number of nitrogens with zero attached hydrogens (tertiary/aromatic N) is 2. The van der Waals surface area contributed by atoms with E-state index in [9.17, 15) is 0 Å². The second kappa shape index (κ2) is 2.83. The maximum atomic E-state index is 4.02. The van der Waals surface area contributed by atoms with Crippen LogP contribution in [0.3, 0.4) is 0 Å². The Balaban J connectivity index is 2.83. The van der Waals surface area contributed by atoms with Gasteiger partial charge in [-0.2, -0.15) is 0 Å². The van der Waals surface area contributed by atoms with Crippen molar-refractivity contribution in [3.63, 3.8) is 0 Å². The van der Waals surface area contributed by atoms with Gasteiger partial charge in [0.1, 0.15) is 0 Å². The monoisotopic (exact) mass is 168 g/mol. The van der Waals surface area contributed by atoms with Crippen LogP contribution in [-0.2, 0) is 5.21 Å². The number of aromatic nitrogens is 2. The molecule has 2 radical (unpaired) electrons. The molecule has 0 saturated carbocycles. The first kappa shape index (κ1) is 5.77. The van der Waals surface area contributed by atoms with Gasteiger partial charge in [0.05, 0.1) is 0 Å². The molecule has 0 atom stereocenters. The van der Waals surface area contributed by atoms with Crippen molar-refractivity contribution in [1.29, 1.82) is 0 Å². The van der Waals surface area contributed by atoms with Crippen molar-refractivity contribution in [2.75, 3.05) is 0 Å². The van der Waals surface area contributed by atoms with E-state index in [2.05, 4.69) is 26.8 Å². The van der Waals surface area contributed by atoms with Crippen LogP contribution in [0.1, 0.15) is 5.69 Å². The summed E-state index contributed by atoms with van der Waals surface area (Å²) in [5.41, 5.74) is 1.02. The fourth-order valence-electron chi connectivity index (χ4n) is 0.412. The van der Waals surface area contributed by atoms with E-state index in [0.717, 1.165) is 10.9 Å². The maximum absolute atomic E-state index is 4.02. The van der Waals surface area contributed by atoms with Gasteiger partial charge in [-0.3, -0.25) is 0 Å². The molecular weight excluding hydrogens is 163 g/mol. The molecule has 0 aliphatic heterocycles. The Morgan fingerprint density at radius 3 is 2.75 bits per heavy atom. The zero-order valence-electron chi connectivity index (χ0n) is 4.28. The minimum absolute atomic E-state index is 0.904. The number of hydrogen-bond acceptors (Lipinski definition) is 2. The van der Waals surface area contributed by atoms with Gasteiger partial charge in [-0.05, 0) is 0 Å². The van der Waals surface area contributed by atoms with Gasteiger partial charge in [0.2, 0.25) is 0 Å². The van der Waals surface area contributed by atoms with Crippen molar-refractivity contribution in [2.24, 2.45) is 0 Å². The zero-order chi connectivity index (χ0) is 5.82. The summed E-state index contributed by atoms with van der Waals surface area (Å²) in [6, 6.07) is 0. The van der Waals surface area contributed by atoms with Crippen LogP contribution in [0, 0.1) is 0 Å². The molecule has 0 aliphatic carbocycles. The molecule has 0 aromatic carbocycles. The third-order valence-corrected chi connectivity index (χ3v) is 1.46. The molecule has 1 aromatic heterocycles. The Morgan fingerprint density at radius 1 is 1.50 bits per heavy atom. The molecule has 0 unspecified atom stereocenters. The molecule has 3 heteroatoms. The van der Waals surface area contributed by atoms with Gasteiger partial charge in [-0.15, -0.1) is 0 Å². The Kier molecular flexibility index (Phi) is 2.04. The van der Waals surface area contributed by atoms with Gasteiger partial charge < -0.3 is 0 Å². The van der Waals surface area contributed by atoms with Crippen LogP contribution in [-0.4, -0.2) is 26.8 Å². The van der Waals surface area contributed by atoms with Gasteiger partial charge in [0, 0.05) is 0 Å². The molecule has 0 bridgehead atoms. The Hall–Kier alpha value is -0.362. The standard InChI is InChI=1S/C5H5AsN2/c6-3-5-4-7-1-2-8-5/h1-2,4H,3H2. The molecule has 1 aromatic rings. The Bertz CT molecular complexity index is 152. The fraction of sp³-hybridized carbons (Fsp3) is 0.200. The van der Waals surface area contributed by atoms with E-state index in [0.29, 0.717) is 0 Å². The summed E-state index contributed by atoms with van der Waals surface area (Å²) in [7, 11) is 0. The van der Waals surface area contributed by atoms with Crippen molar-refractivity contribution in [1.82, 2.24) is 9.97 Å². The minimum atomic E-state index is 0.904. The summed E-state index contributed by atoms with van der Waals surface area (Å²) in [5.74, 6) is 0. The molecule has 2 nitrogen and oxygen atoms in total. The average Bonchev–Trinajstić information content (AvgIpc) is 1.90. The van der Waals surface area contributed by atoms with E-state index in [4.69, 9.17) is 0 Å². The summed E-state index contributed by atoms with van der Waals surface area (Å²) in [4.78, 5) is 7.90. The normalized spacial score (nSPS) is 9.12. The summed E-state index contributed by atoms with van der Waals surface area (Å²) in [6.07, 6.45) is 5.13. The van der Waals surface area contributed by atoms with Gasteiger partial charge in [0.25, 0.3) is 0 Å². The van der Waals surface area contributed by atoms with Crippen LogP contribution in [0.15, 0.2) is 18.6 Å². The number of rotatable bonds is 1. The quantitative estimate of drug-likeness (QED) is 0.557. The zero-order valence-corrected chi connectivity index (χ0v) is 6.16. The predicted octanol–water partition coefficient (Wildman–Crippen LogP) is 0.145. The molecule has 0 aliphatic rings. The topological polar surface area (TPSA) is 25.8 Å². The van der Waals surface area contributed by atoms with Gasteiger partial charge >= 0.3 is 56.3 Å². The van der Waals surface area contributed by atoms with E-state index in [1.54, 1.807) is 18.6 Å². The van der Waals surface area contributed by atoms with Crippen LogP contribution in [0.4, 0.5) is 0 Å². The number of hydrogen-bond donors (Lipinski definition) is 0. The molecule has 0 N–H and O–H groups in total. The molecule has 8 heavy (non-hydrogen) atoms. The van der Waals surface area contributed by atoms with E-state index in [1.165, 1.54) is 0 Å². The van der Waals surface area contributed by atoms with Crippen molar-refractivity contribution in [3.8, 4) is 0 Å². The fourth-order valence-corrected chi connectivity index (χ4v) is 0.754. The van der Waals surface area contributed by atoms with E-state index in [1.807, 2.05) is 0 Å². The average molecular weight is 168 g/mol. The van der Waals surface area contributed by atoms with Gasteiger partial charge in [-0.25, -0.2) is 0 Å². The van der Waals surface area contributed by atoms with Crippen LogP contribution in [0.25, 0.3) is 0 Å².